The molecule has 0 bridgehead atoms. The maximum absolute atomic E-state index is 12.6. The van der Waals surface area contributed by atoms with Crippen molar-refractivity contribution in [1.82, 2.24) is 25.3 Å². The molecule has 2 amide bonds. The second kappa shape index (κ2) is 7.34. The number of aryl methyl sites for hydroxylation is 1. The number of rotatable bonds is 4. The molecule has 0 aromatic carbocycles. The third-order valence-corrected chi connectivity index (χ3v) is 5.49. The van der Waals surface area contributed by atoms with Gasteiger partial charge in [0.25, 0.3) is 0 Å². The maximum atomic E-state index is 12.6. The number of likely N-dealkylation sites (N-methyl/N-ethyl adjacent to an activating group) is 1. The Bertz CT molecular complexity index is 574. The third kappa shape index (κ3) is 3.77. The Kier molecular flexibility index (Phi) is 5.18. The molecule has 0 radical (unpaired) electrons. The van der Waals surface area contributed by atoms with E-state index < -0.39 is 0 Å². The molecule has 0 saturated carbocycles. The first-order valence-electron chi connectivity index (χ1n) is 8.82. The SMILES string of the molecule is CN1CCN(C(=O)CCCc2cn[nH]c2)CC12CCNC(=O)CC2. The van der Waals surface area contributed by atoms with E-state index in [4.69, 9.17) is 0 Å². The van der Waals surface area contributed by atoms with Crippen LogP contribution in [0, 0.1) is 0 Å². The van der Waals surface area contributed by atoms with E-state index in [0.29, 0.717) is 19.4 Å². The zero-order valence-electron chi connectivity index (χ0n) is 14.4. The van der Waals surface area contributed by atoms with Crippen molar-refractivity contribution in [2.24, 2.45) is 0 Å². The van der Waals surface area contributed by atoms with Crippen LogP contribution < -0.4 is 5.32 Å². The zero-order chi connectivity index (χ0) is 17.0. The van der Waals surface area contributed by atoms with Crippen molar-refractivity contribution in [2.45, 2.75) is 44.1 Å². The molecule has 1 aromatic rings. The van der Waals surface area contributed by atoms with E-state index in [1.807, 2.05) is 17.3 Å². The molecule has 0 aliphatic carbocycles. The quantitative estimate of drug-likeness (QED) is 0.843. The van der Waals surface area contributed by atoms with Crippen molar-refractivity contribution in [2.75, 3.05) is 33.2 Å². The second-order valence-electron chi connectivity index (χ2n) is 7.02. The smallest absolute Gasteiger partial charge is 0.222 e. The van der Waals surface area contributed by atoms with Gasteiger partial charge in [0.2, 0.25) is 11.8 Å². The molecule has 24 heavy (non-hydrogen) atoms. The van der Waals surface area contributed by atoms with Gasteiger partial charge in [0.1, 0.15) is 0 Å². The Hall–Kier alpha value is -1.89. The number of piperazine rings is 1. The molecule has 1 aromatic heterocycles. The fourth-order valence-electron chi connectivity index (χ4n) is 3.83. The first-order chi connectivity index (χ1) is 11.6. The van der Waals surface area contributed by atoms with Gasteiger partial charge >= 0.3 is 0 Å². The van der Waals surface area contributed by atoms with Crippen molar-refractivity contribution < 1.29 is 9.59 Å². The van der Waals surface area contributed by atoms with Gasteiger partial charge in [0.05, 0.1) is 6.20 Å². The maximum Gasteiger partial charge on any atom is 0.222 e. The summed E-state index contributed by atoms with van der Waals surface area (Å²) in [4.78, 5) is 28.6. The molecule has 3 rings (SSSR count). The molecule has 132 valence electrons. The Morgan fingerprint density at radius 2 is 2.25 bits per heavy atom. The number of carbonyl (C=O) groups excluding carboxylic acids is 2. The molecule has 7 nitrogen and oxygen atoms in total. The monoisotopic (exact) mass is 333 g/mol. The van der Waals surface area contributed by atoms with Gasteiger partial charge in [-0.3, -0.25) is 19.6 Å². The summed E-state index contributed by atoms with van der Waals surface area (Å²) < 4.78 is 0. The Morgan fingerprint density at radius 3 is 3.04 bits per heavy atom. The summed E-state index contributed by atoms with van der Waals surface area (Å²) in [5.74, 6) is 0.360. The average Bonchev–Trinajstić information content (AvgIpc) is 3.01. The van der Waals surface area contributed by atoms with Crippen molar-refractivity contribution >= 4 is 11.8 Å². The predicted octanol–water partition coefficient (Wildman–Crippen LogP) is 0.545. The number of carbonyl (C=O) groups is 2. The lowest BCUT2D eigenvalue weighted by Gasteiger charge is -2.49. The van der Waals surface area contributed by atoms with E-state index in [9.17, 15) is 9.59 Å². The average molecular weight is 333 g/mol. The van der Waals surface area contributed by atoms with E-state index >= 15 is 0 Å². The molecule has 3 heterocycles. The minimum absolute atomic E-state index is 0.0579. The fourth-order valence-corrected chi connectivity index (χ4v) is 3.83. The number of H-pyrrole nitrogens is 1. The summed E-state index contributed by atoms with van der Waals surface area (Å²) in [5, 5.41) is 9.68. The summed E-state index contributed by atoms with van der Waals surface area (Å²) >= 11 is 0. The van der Waals surface area contributed by atoms with E-state index in [1.165, 1.54) is 0 Å². The van der Waals surface area contributed by atoms with Gasteiger partial charge in [-0.15, -0.1) is 0 Å². The largest absolute Gasteiger partial charge is 0.356 e. The van der Waals surface area contributed by atoms with Crippen molar-refractivity contribution in [3.63, 3.8) is 0 Å². The zero-order valence-corrected chi connectivity index (χ0v) is 14.4. The van der Waals surface area contributed by atoms with E-state index in [0.717, 1.165) is 50.9 Å². The number of nitrogens with zero attached hydrogens (tertiary/aromatic N) is 3. The van der Waals surface area contributed by atoms with Gasteiger partial charge in [0.15, 0.2) is 0 Å². The summed E-state index contributed by atoms with van der Waals surface area (Å²) in [6.07, 6.45) is 8.27. The van der Waals surface area contributed by atoms with Crippen LogP contribution >= 0.6 is 0 Å². The highest BCUT2D eigenvalue weighted by Crippen LogP contribution is 2.30. The van der Waals surface area contributed by atoms with Crippen LogP contribution in [0.5, 0.6) is 0 Å². The predicted molar refractivity (Wildman–Crippen MR) is 90.3 cm³/mol. The number of hydrogen-bond acceptors (Lipinski definition) is 4. The summed E-state index contributed by atoms with van der Waals surface area (Å²) in [7, 11) is 2.12. The third-order valence-electron chi connectivity index (χ3n) is 5.49. The number of aromatic amines is 1. The number of hydrogen-bond donors (Lipinski definition) is 2. The number of aromatic nitrogens is 2. The van der Waals surface area contributed by atoms with Crippen LogP contribution in [0.25, 0.3) is 0 Å². The molecule has 2 aliphatic heterocycles. The molecule has 2 saturated heterocycles. The Morgan fingerprint density at radius 1 is 1.38 bits per heavy atom. The second-order valence-corrected chi connectivity index (χ2v) is 7.02. The summed E-state index contributed by atoms with van der Waals surface area (Å²) in [5.41, 5.74) is 1.09. The summed E-state index contributed by atoms with van der Waals surface area (Å²) in [6, 6.07) is 0. The summed E-state index contributed by atoms with van der Waals surface area (Å²) in [6.45, 7) is 3.10. The lowest BCUT2D eigenvalue weighted by molar-refractivity contribution is -0.137. The molecule has 1 unspecified atom stereocenters. The molecular formula is C17H27N5O2. The molecule has 2 fully saturated rings. The molecule has 2 N–H and O–H groups in total. The standard InChI is InChI=1S/C17H27N5O2/c1-21-9-10-22(13-17(21)6-5-15(23)18-8-7-17)16(24)4-2-3-14-11-19-20-12-14/h11-12H,2-10,13H2,1H3,(H,18,23)(H,19,20). The minimum atomic E-state index is -0.0579. The lowest BCUT2D eigenvalue weighted by Crippen LogP contribution is -2.62. The molecule has 7 heteroatoms. The van der Waals surface area contributed by atoms with Crippen LogP contribution in [-0.4, -0.2) is 70.6 Å². The van der Waals surface area contributed by atoms with Crippen LogP contribution in [-0.2, 0) is 16.0 Å². The Balaban J connectivity index is 1.55. The normalized spacial score (nSPS) is 25.5. The van der Waals surface area contributed by atoms with E-state index in [2.05, 4.69) is 27.5 Å². The first-order valence-corrected chi connectivity index (χ1v) is 8.82. The van der Waals surface area contributed by atoms with Crippen LogP contribution in [0.15, 0.2) is 12.4 Å². The van der Waals surface area contributed by atoms with Crippen molar-refractivity contribution in [3.05, 3.63) is 18.0 Å². The van der Waals surface area contributed by atoms with Gasteiger partial charge in [-0.05, 0) is 38.3 Å². The van der Waals surface area contributed by atoms with Gasteiger partial charge in [-0.1, -0.05) is 0 Å². The lowest BCUT2D eigenvalue weighted by atomic mass is 9.86. The van der Waals surface area contributed by atoms with Crippen LogP contribution in [0.1, 0.15) is 37.7 Å². The Labute approximate surface area is 142 Å². The van der Waals surface area contributed by atoms with Gasteiger partial charge in [-0.2, -0.15) is 5.10 Å². The van der Waals surface area contributed by atoms with Crippen LogP contribution in [0.4, 0.5) is 0 Å². The molecular weight excluding hydrogens is 306 g/mol. The minimum Gasteiger partial charge on any atom is -0.356 e. The number of nitrogens with one attached hydrogen (secondary N) is 2. The fraction of sp³-hybridized carbons (Fsp3) is 0.706. The van der Waals surface area contributed by atoms with Gasteiger partial charge in [0, 0.05) is 50.8 Å². The van der Waals surface area contributed by atoms with Crippen LogP contribution in [0.2, 0.25) is 0 Å². The van der Waals surface area contributed by atoms with E-state index in [-0.39, 0.29) is 17.4 Å². The topological polar surface area (TPSA) is 81.3 Å². The highest BCUT2D eigenvalue weighted by Gasteiger charge is 2.41. The van der Waals surface area contributed by atoms with Crippen LogP contribution in [0.3, 0.4) is 0 Å². The molecule has 1 atom stereocenters. The van der Waals surface area contributed by atoms with Crippen molar-refractivity contribution in [3.8, 4) is 0 Å². The van der Waals surface area contributed by atoms with E-state index in [1.54, 1.807) is 0 Å². The highest BCUT2D eigenvalue weighted by molar-refractivity contribution is 5.77. The first kappa shape index (κ1) is 17.0. The van der Waals surface area contributed by atoms with Crippen molar-refractivity contribution in [1.29, 1.82) is 0 Å². The van der Waals surface area contributed by atoms with Gasteiger partial charge < -0.3 is 10.2 Å². The molecule has 2 aliphatic rings. The molecule has 1 spiro atoms. The highest BCUT2D eigenvalue weighted by atomic mass is 16.2. The van der Waals surface area contributed by atoms with Gasteiger partial charge in [-0.25, -0.2) is 0 Å². The number of amides is 2.